The Morgan fingerprint density at radius 3 is 2.41 bits per heavy atom. The Kier molecular flexibility index (Phi) is 4.14. The number of H-pyrrole nitrogens is 1. The molecular formula is C21H15N3O3. The van der Waals surface area contributed by atoms with Gasteiger partial charge in [0.2, 0.25) is 0 Å². The van der Waals surface area contributed by atoms with Crippen molar-refractivity contribution in [2.24, 2.45) is 0 Å². The lowest BCUT2D eigenvalue weighted by atomic mass is 10.1. The zero-order valence-electron chi connectivity index (χ0n) is 14.1. The van der Waals surface area contributed by atoms with E-state index in [1.165, 1.54) is 12.1 Å². The van der Waals surface area contributed by atoms with Crippen LogP contribution in [0.3, 0.4) is 0 Å². The molecule has 1 amide bonds. The molecule has 1 aromatic heterocycles. The number of imidazole rings is 1. The van der Waals surface area contributed by atoms with Crippen molar-refractivity contribution in [3.8, 4) is 11.4 Å². The maximum Gasteiger partial charge on any atom is 0.335 e. The third-order valence-electron chi connectivity index (χ3n) is 4.18. The van der Waals surface area contributed by atoms with Gasteiger partial charge in [0.1, 0.15) is 5.82 Å². The number of carboxylic acids is 1. The fraction of sp³-hybridized carbons (Fsp3) is 0. The monoisotopic (exact) mass is 357 g/mol. The molecule has 0 aliphatic carbocycles. The van der Waals surface area contributed by atoms with Gasteiger partial charge in [-0.2, -0.15) is 0 Å². The summed E-state index contributed by atoms with van der Waals surface area (Å²) in [5.41, 5.74) is 3.77. The summed E-state index contributed by atoms with van der Waals surface area (Å²) in [7, 11) is 0. The molecule has 0 aliphatic rings. The number of aromatic amines is 1. The highest BCUT2D eigenvalue weighted by Crippen LogP contribution is 2.22. The molecule has 6 nitrogen and oxygen atoms in total. The molecule has 0 spiro atoms. The van der Waals surface area contributed by atoms with Crippen LogP contribution in [0, 0.1) is 0 Å². The molecule has 4 aromatic rings. The number of benzene rings is 3. The normalized spacial score (nSPS) is 10.7. The summed E-state index contributed by atoms with van der Waals surface area (Å²) < 4.78 is 0. The maximum atomic E-state index is 12.5. The summed E-state index contributed by atoms with van der Waals surface area (Å²) >= 11 is 0. The van der Waals surface area contributed by atoms with E-state index in [0.717, 1.165) is 16.6 Å². The molecule has 0 atom stereocenters. The minimum Gasteiger partial charge on any atom is -0.478 e. The van der Waals surface area contributed by atoms with Gasteiger partial charge in [0.05, 0.1) is 16.6 Å². The fourth-order valence-electron chi connectivity index (χ4n) is 2.80. The number of para-hydroxylation sites is 2. The number of carboxylic acid groups (broad SMARTS) is 1. The summed E-state index contributed by atoms with van der Waals surface area (Å²) in [4.78, 5) is 31.2. The smallest absolute Gasteiger partial charge is 0.335 e. The molecule has 0 aliphatic heterocycles. The highest BCUT2D eigenvalue weighted by Gasteiger charge is 2.11. The number of nitrogens with zero attached hydrogens (tertiary/aromatic N) is 1. The van der Waals surface area contributed by atoms with Crippen LogP contribution in [0.2, 0.25) is 0 Å². The van der Waals surface area contributed by atoms with Crippen molar-refractivity contribution < 1.29 is 14.7 Å². The molecule has 0 radical (unpaired) electrons. The SMILES string of the molecule is O=C(O)c1ccc(NC(=O)c2cccc(-c3nc4ccccc4[nH]3)c2)cc1. The van der Waals surface area contributed by atoms with Crippen LogP contribution in [0.4, 0.5) is 5.69 Å². The number of fused-ring (bicyclic) bond motifs is 1. The first kappa shape index (κ1) is 16.5. The van der Waals surface area contributed by atoms with Gasteiger partial charge in [0.25, 0.3) is 5.91 Å². The Labute approximate surface area is 154 Å². The third kappa shape index (κ3) is 3.41. The molecule has 0 bridgehead atoms. The summed E-state index contributed by atoms with van der Waals surface area (Å²) in [6.07, 6.45) is 0. The van der Waals surface area contributed by atoms with Gasteiger partial charge in [0, 0.05) is 16.8 Å². The zero-order chi connectivity index (χ0) is 18.8. The van der Waals surface area contributed by atoms with E-state index in [1.54, 1.807) is 30.3 Å². The first-order valence-corrected chi connectivity index (χ1v) is 8.30. The molecule has 132 valence electrons. The molecule has 3 N–H and O–H groups in total. The first-order chi connectivity index (χ1) is 13.1. The van der Waals surface area contributed by atoms with Crippen molar-refractivity contribution in [3.05, 3.63) is 83.9 Å². The Morgan fingerprint density at radius 2 is 1.67 bits per heavy atom. The summed E-state index contributed by atoms with van der Waals surface area (Å²) in [6, 6.07) is 20.9. The molecule has 6 heteroatoms. The second kappa shape index (κ2) is 6.76. The molecule has 4 rings (SSSR count). The molecule has 3 aromatic carbocycles. The van der Waals surface area contributed by atoms with Crippen molar-refractivity contribution >= 4 is 28.6 Å². The van der Waals surface area contributed by atoms with Gasteiger partial charge in [-0.15, -0.1) is 0 Å². The molecule has 0 unspecified atom stereocenters. The summed E-state index contributed by atoms with van der Waals surface area (Å²) in [5, 5.41) is 11.7. The quantitative estimate of drug-likeness (QED) is 0.510. The average molecular weight is 357 g/mol. The second-order valence-electron chi connectivity index (χ2n) is 6.02. The van der Waals surface area contributed by atoms with E-state index in [9.17, 15) is 9.59 Å². The predicted octanol–water partition coefficient (Wildman–Crippen LogP) is 4.18. The number of hydrogen-bond acceptors (Lipinski definition) is 3. The van der Waals surface area contributed by atoms with E-state index in [-0.39, 0.29) is 11.5 Å². The summed E-state index contributed by atoms with van der Waals surface area (Å²) in [5.74, 6) is -0.598. The largest absolute Gasteiger partial charge is 0.478 e. The van der Waals surface area contributed by atoms with E-state index < -0.39 is 5.97 Å². The predicted molar refractivity (Wildman–Crippen MR) is 103 cm³/mol. The van der Waals surface area contributed by atoms with Crippen LogP contribution in [-0.4, -0.2) is 27.0 Å². The number of anilines is 1. The average Bonchev–Trinajstić information content (AvgIpc) is 3.13. The molecule has 0 saturated heterocycles. The summed E-state index contributed by atoms with van der Waals surface area (Å²) in [6.45, 7) is 0. The lowest BCUT2D eigenvalue weighted by Crippen LogP contribution is -2.12. The van der Waals surface area contributed by atoms with Crippen LogP contribution >= 0.6 is 0 Å². The minimum absolute atomic E-state index is 0.167. The third-order valence-corrected chi connectivity index (χ3v) is 4.18. The molecule has 0 fully saturated rings. The van der Waals surface area contributed by atoms with Crippen LogP contribution in [0.25, 0.3) is 22.4 Å². The zero-order valence-corrected chi connectivity index (χ0v) is 14.1. The van der Waals surface area contributed by atoms with Gasteiger partial charge in [-0.25, -0.2) is 9.78 Å². The van der Waals surface area contributed by atoms with Gasteiger partial charge >= 0.3 is 5.97 Å². The van der Waals surface area contributed by atoms with E-state index in [2.05, 4.69) is 15.3 Å². The molecule has 1 heterocycles. The van der Waals surface area contributed by atoms with E-state index in [4.69, 9.17) is 5.11 Å². The number of amides is 1. The highest BCUT2D eigenvalue weighted by atomic mass is 16.4. The number of carbonyl (C=O) groups is 2. The molecule has 0 saturated carbocycles. The number of aromatic nitrogens is 2. The standard InChI is InChI=1S/C21H15N3O3/c25-20(22-16-10-8-13(9-11-16)21(26)27)15-5-3-4-14(12-15)19-23-17-6-1-2-7-18(17)24-19/h1-12H,(H,22,25)(H,23,24)(H,26,27). The van der Waals surface area contributed by atoms with Gasteiger partial charge < -0.3 is 15.4 Å². The van der Waals surface area contributed by atoms with Crippen molar-refractivity contribution in [3.63, 3.8) is 0 Å². The number of hydrogen-bond donors (Lipinski definition) is 3. The van der Waals surface area contributed by atoms with E-state index in [1.807, 2.05) is 30.3 Å². The Morgan fingerprint density at radius 1 is 0.889 bits per heavy atom. The fourth-order valence-corrected chi connectivity index (χ4v) is 2.80. The number of nitrogens with one attached hydrogen (secondary N) is 2. The van der Waals surface area contributed by atoms with Crippen LogP contribution in [0.5, 0.6) is 0 Å². The van der Waals surface area contributed by atoms with Crippen molar-refractivity contribution in [1.82, 2.24) is 9.97 Å². The van der Waals surface area contributed by atoms with E-state index in [0.29, 0.717) is 17.1 Å². The van der Waals surface area contributed by atoms with E-state index >= 15 is 0 Å². The Balaban J connectivity index is 1.58. The minimum atomic E-state index is -1.01. The first-order valence-electron chi connectivity index (χ1n) is 8.30. The van der Waals surface area contributed by atoms with Crippen molar-refractivity contribution in [2.75, 3.05) is 5.32 Å². The van der Waals surface area contributed by atoms with Gasteiger partial charge in [-0.3, -0.25) is 4.79 Å². The lowest BCUT2D eigenvalue weighted by Gasteiger charge is -2.07. The molecular weight excluding hydrogens is 342 g/mol. The highest BCUT2D eigenvalue weighted by molar-refractivity contribution is 6.05. The number of carbonyl (C=O) groups excluding carboxylic acids is 1. The van der Waals surface area contributed by atoms with Crippen LogP contribution in [0.15, 0.2) is 72.8 Å². The Bertz CT molecular complexity index is 1110. The lowest BCUT2D eigenvalue weighted by molar-refractivity contribution is 0.0696. The second-order valence-corrected chi connectivity index (χ2v) is 6.02. The van der Waals surface area contributed by atoms with Gasteiger partial charge in [-0.1, -0.05) is 24.3 Å². The topological polar surface area (TPSA) is 95.1 Å². The van der Waals surface area contributed by atoms with Crippen molar-refractivity contribution in [1.29, 1.82) is 0 Å². The number of rotatable bonds is 4. The van der Waals surface area contributed by atoms with Gasteiger partial charge in [0.15, 0.2) is 0 Å². The van der Waals surface area contributed by atoms with Crippen LogP contribution in [0.1, 0.15) is 20.7 Å². The van der Waals surface area contributed by atoms with Gasteiger partial charge in [-0.05, 0) is 48.5 Å². The van der Waals surface area contributed by atoms with Crippen molar-refractivity contribution in [2.45, 2.75) is 0 Å². The maximum absolute atomic E-state index is 12.5. The molecule has 27 heavy (non-hydrogen) atoms. The number of aromatic carboxylic acids is 1. The van der Waals surface area contributed by atoms with Crippen LogP contribution < -0.4 is 5.32 Å². The van der Waals surface area contributed by atoms with Crippen LogP contribution in [-0.2, 0) is 0 Å². The Hall–Kier alpha value is -3.93.